The highest BCUT2D eigenvalue weighted by molar-refractivity contribution is 5.84. The normalized spacial score (nSPS) is 15.2. The summed E-state index contributed by atoms with van der Waals surface area (Å²) in [7, 11) is 1.10. The summed E-state index contributed by atoms with van der Waals surface area (Å²) in [5.41, 5.74) is -3.84. The molecule has 0 aliphatic rings. The minimum Gasteiger partial charge on any atom is -0.456 e. The maximum Gasteiger partial charge on any atom is 0.410 e. The largest absolute Gasteiger partial charge is 0.456 e. The van der Waals surface area contributed by atoms with E-state index in [0.717, 1.165) is 7.11 Å². The van der Waals surface area contributed by atoms with Gasteiger partial charge in [-0.1, -0.05) is 0 Å². The molecule has 0 heterocycles. The van der Waals surface area contributed by atoms with E-state index >= 15 is 0 Å². The number of hydrogen-bond donors (Lipinski definition) is 1. The molecule has 0 radical (unpaired) electrons. The molecule has 0 fully saturated rings. The van der Waals surface area contributed by atoms with Crippen LogP contribution in [0.25, 0.3) is 0 Å². The van der Waals surface area contributed by atoms with Crippen LogP contribution in [0.15, 0.2) is 0 Å². The molecule has 1 unspecified atom stereocenters. The number of carbonyl (C=O) groups excluding carboxylic acids is 2. The van der Waals surface area contributed by atoms with Crippen LogP contribution in [0.1, 0.15) is 41.5 Å². The van der Waals surface area contributed by atoms with Gasteiger partial charge in [0.25, 0.3) is 5.72 Å². The number of carbonyl (C=O) groups is 2. The van der Waals surface area contributed by atoms with Crippen LogP contribution in [0.4, 0.5) is 9.18 Å². The summed E-state index contributed by atoms with van der Waals surface area (Å²) in [5, 5.41) is 2.08. The van der Waals surface area contributed by atoms with Gasteiger partial charge in [-0.15, -0.1) is 0 Å². The highest BCUT2D eigenvalue weighted by Crippen LogP contribution is 2.17. The molecular formula is C13H24FNO5. The van der Waals surface area contributed by atoms with Crippen molar-refractivity contribution in [3.05, 3.63) is 0 Å². The van der Waals surface area contributed by atoms with Crippen LogP contribution in [-0.4, -0.2) is 42.8 Å². The van der Waals surface area contributed by atoms with Gasteiger partial charge in [-0.3, -0.25) is 5.32 Å². The third-order valence-corrected chi connectivity index (χ3v) is 1.97. The van der Waals surface area contributed by atoms with Gasteiger partial charge < -0.3 is 14.2 Å². The van der Waals surface area contributed by atoms with Gasteiger partial charge in [0.05, 0.1) is 0 Å². The molecule has 118 valence electrons. The summed E-state index contributed by atoms with van der Waals surface area (Å²) in [4.78, 5) is 23.7. The maximum atomic E-state index is 13.2. The molecule has 0 aromatic carbocycles. The average Bonchev–Trinajstić information content (AvgIpc) is 2.20. The predicted octanol–water partition coefficient (Wildman–Crippen LogP) is 2.17. The number of hydrogen-bond acceptors (Lipinski definition) is 5. The topological polar surface area (TPSA) is 73.9 Å². The standard InChI is InChI=1S/C13H24FNO5/c1-11(2,3)19-9(16)13(8-14,18-7)15-10(17)20-12(4,5)6/h8H2,1-7H3,(H,15,17). The second-order valence-electron chi connectivity index (χ2n) is 6.29. The molecule has 0 saturated carbocycles. The van der Waals surface area contributed by atoms with Crippen molar-refractivity contribution >= 4 is 12.1 Å². The molecule has 7 heteroatoms. The molecule has 6 nitrogen and oxygen atoms in total. The van der Waals surface area contributed by atoms with E-state index in [1.54, 1.807) is 41.5 Å². The third-order valence-electron chi connectivity index (χ3n) is 1.97. The molecule has 0 bridgehead atoms. The van der Waals surface area contributed by atoms with E-state index < -0.39 is 35.7 Å². The van der Waals surface area contributed by atoms with E-state index in [1.165, 1.54) is 0 Å². The quantitative estimate of drug-likeness (QED) is 0.635. The summed E-state index contributed by atoms with van der Waals surface area (Å²) in [6, 6.07) is 0. The number of halogens is 1. The number of ether oxygens (including phenoxy) is 3. The molecule has 0 aromatic rings. The molecule has 0 aliphatic carbocycles. The van der Waals surface area contributed by atoms with Gasteiger partial charge in [0.2, 0.25) is 0 Å². The molecule has 0 saturated heterocycles. The molecule has 0 aliphatic heterocycles. The minimum absolute atomic E-state index is 0.784. The number of esters is 1. The third kappa shape index (κ3) is 6.18. The lowest BCUT2D eigenvalue weighted by Crippen LogP contribution is -2.60. The highest BCUT2D eigenvalue weighted by Gasteiger charge is 2.45. The zero-order valence-corrected chi connectivity index (χ0v) is 13.1. The molecule has 0 spiro atoms. The molecule has 1 N–H and O–H groups in total. The van der Waals surface area contributed by atoms with Gasteiger partial charge in [-0.2, -0.15) is 0 Å². The van der Waals surface area contributed by atoms with E-state index in [-0.39, 0.29) is 0 Å². The van der Waals surface area contributed by atoms with Gasteiger partial charge in [-0.05, 0) is 41.5 Å². The monoisotopic (exact) mass is 293 g/mol. The van der Waals surface area contributed by atoms with Gasteiger partial charge in [0, 0.05) is 7.11 Å². The second kappa shape index (κ2) is 6.39. The number of methoxy groups -OCH3 is 1. The van der Waals surface area contributed by atoms with E-state index in [1.807, 2.05) is 0 Å². The lowest BCUT2D eigenvalue weighted by atomic mass is 10.1. The van der Waals surface area contributed by atoms with Crippen molar-refractivity contribution in [3.8, 4) is 0 Å². The van der Waals surface area contributed by atoms with E-state index in [4.69, 9.17) is 14.2 Å². The van der Waals surface area contributed by atoms with Gasteiger partial charge in [0.1, 0.15) is 17.9 Å². The zero-order valence-electron chi connectivity index (χ0n) is 13.1. The van der Waals surface area contributed by atoms with Crippen LogP contribution in [0, 0.1) is 0 Å². The molecule has 0 rings (SSSR count). The first-order valence-corrected chi connectivity index (χ1v) is 6.21. The van der Waals surface area contributed by atoms with E-state index in [9.17, 15) is 14.0 Å². The summed E-state index contributed by atoms with van der Waals surface area (Å²) >= 11 is 0. The van der Waals surface area contributed by atoms with Crippen LogP contribution in [0.2, 0.25) is 0 Å². The number of amides is 1. The molecular weight excluding hydrogens is 269 g/mol. The SMILES string of the molecule is COC(CF)(NC(=O)OC(C)(C)C)C(=O)OC(C)(C)C. The Morgan fingerprint density at radius 1 is 1.00 bits per heavy atom. The lowest BCUT2D eigenvalue weighted by molar-refractivity contribution is -0.186. The Hall–Kier alpha value is -1.37. The molecule has 1 amide bonds. The van der Waals surface area contributed by atoms with Crippen LogP contribution >= 0.6 is 0 Å². The predicted molar refractivity (Wildman–Crippen MR) is 70.9 cm³/mol. The Labute approximate surface area is 118 Å². The van der Waals surface area contributed by atoms with E-state index in [2.05, 4.69) is 5.32 Å². The smallest absolute Gasteiger partial charge is 0.410 e. The number of alkyl carbamates (subject to hydrolysis) is 1. The fourth-order valence-corrected chi connectivity index (χ4v) is 1.16. The van der Waals surface area contributed by atoms with Crippen molar-refractivity contribution in [3.63, 3.8) is 0 Å². The molecule has 20 heavy (non-hydrogen) atoms. The fraction of sp³-hybridized carbons (Fsp3) is 0.846. The van der Waals surface area contributed by atoms with Gasteiger partial charge in [0.15, 0.2) is 0 Å². The summed E-state index contributed by atoms with van der Waals surface area (Å²) in [6.45, 7) is 8.51. The van der Waals surface area contributed by atoms with Crippen molar-refractivity contribution in [2.75, 3.05) is 13.8 Å². The summed E-state index contributed by atoms with van der Waals surface area (Å²) < 4.78 is 28.1. The maximum absolute atomic E-state index is 13.2. The van der Waals surface area contributed by atoms with Gasteiger partial charge >= 0.3 is 12.1 Å². The Morgan fingerprint density at radius 3 is 1.75 bits per heavy atom. The number of nitrogens with one attached hydrogen (secondary N) is 1. The first-order valence-electron chi connectivity index (χ1n) is 6.21. The van der Waals surface area contributed by atoms with Crippen LogP contribution in [-0.2, 0) is 19.0 Å². The molecule has 1 atom stereocenters. The Bertz CT molecular complexity index is 353. The average molecular weight is 293 g/mol. The Balaban J connectivity index is 5.02. The first kappa shape index (κ1) is 18.6. The van der Waals surface area contributed by atoms with Crippen LogP contribution < -0.4 is 5.32 Å². The van der Waals surface area contributed by atoms with Crippen molar-refractivity contribution in [2.45, 2.75) is 58.5 Å². The Kier molecular flexibility index (Phi) is 5.95. The van der Waals surface area contributed by atoms with Crippen molar-refractivity contribution in [2.24, 2.45) is 0 Å². The fourth-order valence-electron chi connectivity index (χ4n) is 1.16. The summed E-state index contributed by atoms with van der Waals surface area (Å²) in [6.07, 6.45) is -0.970. The number of rotatable bonds is 4. The lowest BCUT2D eigenvalue weighted by Gasteiger charge is -2.32. The highest BCUT2D eigenvalue weighted by atomic mass is 19.1. The van der Waals surface area contributed by atoms with Crippen LogP contribution in [0.3, 0.4) is 0 Å². The minimum atomic E-state index is -2.21. The second-order valence-corrected chi connectivity index (χ2v) is 6.29. The van der Waals surface area contributed by atoms with Gasteiger partial charge in [-0.25, -0.2) is 14.0 Å². The number of alkyl halides is 1. The Morgan fingerprint density at radius 2 is 1.45 bits per heavy atom. The molecule has 0 aromatic heterocycles. The van der Waals surface area contributed by atoms with Crippen LogP contribution in [0.5, 0.6) is 0 Å². The van der Waals surface area contributed by atoms with Crippen molar-refractivity contribution in [1.29, 1.82) is 0 Å². The first-order chi connectivity index (χ1) is 8.85. The van der Waals surface area contributed by atoms with E-state index in [0.29, 0.717) is 0 Å². The van der Waals surface area contributed by atoms with Crippen molar-refractivity contribution in [1.82, 2.24) is 5.32 Å². The van der Waals surface area contributed by atoms with Crippen molar-refractivity contribution < 1.29 is 28.2 Å². The summed E-state index contributed by atoms with van der Waals surface area (Å²) in [5.74, 6) is -1.03. The zero-order chi connectivity index (χ0) is 16.2.